The van der Waals surface area contributed by atoms with Gasteiger partial charge in [0, 0.05) is 37.4 Å². The van der Waals surface area contributed by atoms with Crippen molar-refractivity contribution in [2.45, 2.75) is 38.9 Å². The Labute approximate surface area is 202 Å². The van der Waals surface area contributed by atoms with Crippen molar-refractivity contribution in [1.29, 1.82) is 0 Å². The van der Waals surface area contributed by atoms with Crippen molar-refractivity contribution in [3.8, 4) is 0 Å². The van der Waals surface area contributed by atoms with Crippen molar-refractivity contribution in [3.05, 3.63) is 53.0 Å². The Kier molecular flexibility index (Phi) is 9.03. The number of carbonyl (C=O) groups is 1. The van der Waals surface area contributed by atoms with Crippen molar-refractivity contribution in [2.24, 2.45) is 5.92 Å². The SMILES string of the molecule is CC1CCN(c2nc(C(F)(F)F)ccc2CNC(=O)Nc2ccc(F)c(CCNS(=O)O)c2)CC1. The van der Waals surface area contributed by atoms with Gasteiger partial charge in [0.1, 0.15) is 17.3 Å². The van der Waals surface area contributed by atoms with E-state index in [1.165, 1.54) is 18.2 Å². The summed E-state index contributed by atoms with van der Waals surface area (Å²) < 4.78 is 75.4. The van der Waals surface area contributed by atoms with Crippen LogP contribution < -0.4 is 20.3 Å². The first-order chi connectivity index (χ1) is 16.5. The average molecular weight is 518 g/mol. The highest BCUT2D eigenvalue weighted by molar-refractivity contribution is 7.77. The van der Waals surface area contributed by atoms with E-state index in [1.807, 2.05) is 4.90 Å². The third-order valence-corrected chi connectivity index (χ3v) is 6.14. The van der Waals surface area contributed by atoms with Gasteiger partial charge in [0.15, 0.2) is 0 Å². The van der Waals surface area contributed by atoms with E-state index in [2.05, 4.69) is 27.3 Å². The van der Waals surface area contributed by atoms with E-state index in [4.69, 9.17) is 4.55 Å². The van der Waals surface area contributed by atoms with E-state index in [-0.39, 0.29) is 30.9 Å². The molecule has 8 nitrogen and oxygen atoms in total. The van der Waals surface area contributed by atoms with Crippen LogP contribution in [0.4, 0.5) is 33.9 Å². The van der Waals surface area contributed by atoms with Gasteiger partial charge < -0.3 is 15.5 Å². The van der Waals surface area contributed by atoms with Crippen LogP contribution in [0.5, 0.6) is 0 Å². The number of hydrogen-bond donors (Lipinski definition) is 4. The highest BCUT2D eigenvalue weighted by Crippen LogP contribution is 2.32. The van der Waals surface area contributed by atoms with Gasteiger partial charge in [-0.25, -0.2) is 23.1 Å². The molecule has 0 radical (unpaired) electrons. The Morgan fingerprint density at radius 2 is 1.91 bits per heavy atom. The summed E-state index contributed by atoms with van der Waals surface area (Å²) in [6.07, 6.45) is -2.79. The fraction of sp³-hybridized carbons (Fsp3) is 0.455. The molecular weight excluding hydrogens is 490 g/mol. The normalized spacial score (nSPS) is 15.7. The Balaban J connectivity index is 1.67. The fourth-order valence-electron chi connectivity index (χ4n) is 3.74. The molecule has 0 aliphatic carbocycles. The Hall–Kier alpha value is -2.77. The van der Waals surface area contributed by atoms with Gasteiger partial charge in [0.05, 0.1) is 0 Å². The van der Waals surface area contributed by atoms with Crippen molar-refractivity contribution >= 4 is 28.8 Å². The van der Waals surface area contributed by atoms with Crippen LogP contribution in [0.1, 0.15) is 36.6 Å². The van der Waals surface area contributed by atoms with Gasteiger partial charge in [-0.05, 0) is 55.0 Å². The number of alkyl halides is 3. The number of nitrogens with zero attached hydrogens (tertiary/aromatic N) is 2. The Morgan fingerprint density at radius 3 is 2.57 bits per heavy atom. The van der Waals surface area contributed by atoms with Crippen LogP contribution in [0.2, 0.25) is 0 Å². The molecular formula is C22H27F4N5O3S. The zero-order valence-electron chi connectivity index (χ0n) is 19.0. The van der Waals surface area contributed by atoms with Crippen LogP contribution in [0.15, 0.2) is 30.3 Å². The van der Waals surface area contributed by atoms with Crippen LogP contribution in [-0.2, 0) is 30.4 Å². The lowest BCUT2D eigenvalue weighted by Gasteiger charge is -2.33. The second kappa shape index (κ2) is 11.8. The third kappa shape index (κ3) is 7.87. The molecule has 192 valence electrons. The number of aromatic nitrogens is 1. The monoisotopic (exact) mass is 517 g/mol. The summed E-state index contributed by atoms with van der Waals surface area (Å²) in [5.41, 5.74) is -0.0163. The molecule has 1 unspecified atom stereocenters. The van der Waals surface area contributed by atoms with Crippen molar-refractivity contribution < 1.29 is 31.1 Å². The molecule has 2 heterocycles. The highest BCUT2D eigenvalue weighted by Gasteiger charge is 2.34. The molecule has 1 fully saturated rings. The molecule has 1 aliphatic heterocycles. The third-order valence-electron chi connectivity index (χ3n) is 5.69. The number of piperidine rings is 1. The van der Waals surface area contributed by atoms with E-state index < -0.39 is 35.0 Å². The van der Waals surface area contributed by atoms with E-state index in [1.54, 1.807) is 0 Å². The maximum Gasteiger partial charge on any atom is 0.433 e. The summed E-state index contributed by atoms with van der Waals surface area (Å²) >= 11 is -2.22. The number of amides is 2. The number of rotatable bonds is 8. The summed E-state index contributed by atoms with van der Waals surface area (Å²) in [7, 11) is 0. The van der Waals surface area contributed by atoms with Crippen LogP contribution >= 0.6 is 0 Å². The lowest BCUT2D eigenvalue weighted by molar-refractivity contribution is -0.141. The zero-order chi connectivity index (χ0) is 25.6. The molecule has 4 N–H and O–H groups in total. The number of hydrogen-bond acceptors (Lipinski definition) is 4. The summed E-state index contributed by atoms with van der Waals surface area (Å²) in [6, 6.07) is 5.50. The van der Waals surface area contributed by atoms with Crippen LogP contribution in [0, 0.1) is 11.7 Å². The molecule has 0 spiro atoms. The largest absolute Gasteiger partial charge is 0.433 e. The molecule has 1 atom stereocenters. The average Bonchev–Trinajstić information content (AvgIpc) is 2.79. The fourth-order valence-corrected chi connectivity index (χ4v) is 4.01. The summed E-state index contributed by atoms with van der Waals surface area (Å²) in [4.78, 5) is 18.1. The number of urea groups is 1. The molecule has 3 rings (SSSR count). The van der Waals surface area contributed by atoms with Gasteiger partial charge in [-0.2, -0.15) is 13.2 Å². The zero-order valence-corrected chi connectivity index (χ0v) is 19.8. The molecule has 0 bridgehead atoms. The Morgan fingerprint density at radius 1 is 1.20 bits per heavy atom. The smallest absolute Gasteiger partial charge is 0.356 e. The lowest BCUT2D eigenvalue weighted by atomic mass is 9.99. The number of benzene rings is 1. The van der Waals surface area contributed by atoms with E-state index in [0.29, 0.717) is 30.3 Å². The minimum atomic E-state index is -4.58. The highest BCUT2D eigenvalue weighted by atomic mass is 32.2. The predicted molar refractivity (Wildman–Crippen MR) is 125 cm³/mol. The number of pyridine rings is 1. The first-order valence-electron chi connectivity index (χ1n) is 11.0. The van der Waals surface area contributed by atoms with Gasteiger partial charge in [-0.15, -0.1) is 0 Å². The maximum atomic E-state index is 14.0. The Bertz CT molecular complexity index is 1060. The first kappa shape index (κ1) is 26.8. The summed E-state index contributed by atoms with van der Waals surface area (Å²) in [5.74, 6) is 0.147. The minimum absolute atomic E-state index is 0.0503. The van der Waals surface area contributed by atoms with Crippen molar-refractivity contribution in [2.75, 3.05) is 29.9 Å². The number of halogens is 4. The van der Waals surface area contributed by atoms with Gasteiger partial charge in [-0.1, -0.05) is 13.0 Å². The number of carbonyl (C=O) groups excluding carboxylic acids is 1. The summed E-state index contributed by atoms with van der Waals surface area (Å²) in [6.45, 7) is 3.24. The first-order valence-corrected chi connectivity index (χ1v) is 12.1. The summed E-state index contributed by atoms with van der Waals surface area (Å²) in [5, 5.41) is 5.17. The van der Waals surface area contributed by atoms with Gasteiger partial charge in [-0.3, -0.25) is 4.55 Å². The number of nitrogens with one attached hydrogen (secondary N) is 3. The maximum absolute atomic E-state index is 14.0. The van der Waals surface area contributed by atoms with Crippen molar-refractivity contribution in [1.82, 2.24) is 15.0 Å². The predicted octanol–water partition coefficient (Wildman–Crippen LogP) is 4.07. The molecule has 13 heteroatoms. The molecule has 1 aliphatic rings. The van der Waals surface area contributed by atoms with Crippen LogP contribution in [-0.4, -0.2) is 39.4 Å². The van der Waals surface area contributed by atoms with Crippen LogP contribution in [0.25, 0.3) is 0 Å². The minimum Gasteiger partial charge on any atom is -0.356 e. The molecule has 35 heavy (non-hydrogen) atoms. The molecule has 1 saturated heterocycles. The quantitative estimate of drug-likeness (QED) is 0.312. The van der Waals surface area contributed by atoms with Gasteiger partial charge in [0.25, 0.3) is 0 Å². The second-order valence-corrected chi connectivity index (χ2v) is 9.14. The van der Waals surface area contributed by atoms with Gasteiger partial charge in [0.2, 0.25) is 11.3 Å². The topological polar surface area (TPSA) is 107 Å². The second-order valence-electron chi connectivity index (χ2n) is 8.35. The van der Waals surface area contributed by atoms with E-state index in [0.717, 1.165) is 25.0 Å². The van der Waals surface area contributed by atoms with E-state index in [9.17, 15) is 26.6 Å². The van der Waals surface area contributed by atoms with Crippen LogP contribution in [0.3, 0.4) is 0 Å². The standard InChI is InChI=1S/C22H27F4N5O3S/c1-14-7-10-31(11-8-14)20-16(2-5-19(30-20)22(24,25)26)13-27-21(32)29-17-3-4-18(23)15(12-17)6-9-28-35(33)34/h2-5,12,14,28H,6-11,13H2,1H3,(H,33,34)(H2,27,29,32). The number of anilines is 2. The lowest BCUT2D eigenvalue weighted by Crippen LogP contribution is -2.35. The van der Waals surface area contributed by atoms with Crippen molar-refractivity contribution in [3.63, 3.8) is 0 Å². The molecule has 1 aromatic carbocycles. The van der Waals surface area contributed by atoms with Gasteiger partial charge >= 0.3 is 12.2 Å². The molecule has 2 aromatic rings. The molecule has 2 amide bonds. The molecule has 1 aromatic heterocycles. The molecule has 0 saturated carbocycles. The van der Waals surface area contributed by atoms with E-state index >= 15 is 0 Å².